The Morgan fingerprint density at radius 1 is 1.25 bits per heavy atom. The predicted octanol–water partition coefficient (Wildman–Crippen LogP) is 3.46. The van der Waals surface area contributed by atoms with Gasteiger partial charge < -0.3 is 9.52 Å². The van der Waals surface area contributed by atoms with Crippen LogP contribution in [0.4, 0.5) is 4.39 Å². The van der Waals surface area contributed by atoms with E-state index in [-0.39, 0.29) is 5.82 Å². The topological polar surface area (TPSA) is 33.4 Å². The van der Waals surface area contributed by atoms with E-state index in [2.05, 4.69) is 15.9 Å². The number of hydrogen-bond donors (Lipinski definition) is 1. The van der Waals surface area contributed by atoms with Crippen LogP contribution in [-0.2, 0) is 6.42 Å². The molecule has 4 heteroatoms. The molecular weight excluding hydrogens is 275 g/mol. The van der Waals surface area contributed by atoms with Gasteiger partial charge in [0.15, 0.2) is 0 Å². The van der Waals surface area contributed by atoms with Crippen LogP contribution in [0.15, 0.2) is 45.5 Å². The number of benzene rings is 1. The third kappa shape index (κ3) is 2.51. The lowest BCUT2D eigenvalue weighted by Crippen LogP contribution is -2.01. The minimum atomic E-state index is -0.727. The van der Waals surface area contributed by atoms with Crippen LogP contribution in [0.2, 0.25) is 0 Å². The molecule has 1 N–H and O–H groups in total. The van der Waals surface area contributed by atoms with E-state index in [0.717, 1.165) is 10.0 Å². The molecule has 0 bridgehead atoms. The van der Waals surface area contributed by atoms with Gasteiger partial charge in [0.1, 0.15) is 17.7 Å². The molecule has 2 nitrogen and oxygen atoms in total. The third-order valence-electron chi connectivity index (χ3n) is 2.29. The molecule has 1 atom stereocenters. The molecule has 0 saturated heterocycles. The highest BCUT2D eigenvalue weighted by Crippen LogP contribution is 2.26. The van der Waals surface area contributed by atoms with Crippen molar-refractivity contribution in [3.63, 3.8) is 0 Å². The third-order valence-corrected chi connectivity index (χ3v) is 2.94. The average molecular weight is 285 g/mol. The van der Waals surface area contributed by atoms with E-state index in [9.17, 15) is 9.50 Å². The summed E-state index contributed by atoms with van der Waals surface area (Å²) in [5.41, 5.74) is 0.859. The molecule has 0 aliphatic rings. The molecule has 0 amide bonds. The molecule has 0 aliphatic carbocycles. The highest BCUT2D eigenvalue weighted by Gasteiger charge is 2.15. The maximum atomic E-state index is 12.7. The summed E-state index contributed by atoms with van der Waals surface area (Å²) in [6.45, 7) is 0. The average Bonchev–Trinajstić information content (AvgIpc) is 2.68. The molecule has 0 aliphatic heterocycles. The summed E-state index contributed by atoms with van der Waals surface area (Å²) < 4.78 is 18.6. The highest BCUT2D eigenvalue weighted by atomic mass is 79.9. The minimum Gasteiger partial charge on any atom is -0.465 e. The molecular formula is C12H10BrFO2. The zero-order valence-electron chi connectivity index (χ0n) is 8.36. The van der Waals surface area contributed by atoms with Crippen molar-refractivity contribution in [2.45, 2.75) is 12.5 Å². The Morgan fingerprint density at radius 3 is 2.50 bits per heavy atom. The molecule has 0 fully saturated rings. The lowest BCUT2D eigenvalue weighted by Gasteiger charge is -2.08. The molecule has 1 unspecified atom stereocenters. The monoisotopic (exact) mass is 284 g/mol. The van der Waals surface area contributed by atoms with Gasteiger partial charge in [-0.25, -0.2) is 4.39 Å². The van der Waals surface area contributed by atoms with E-state index >= 15 is 0 Å². The first kappa shape index (κ1) is 11.4. The molecule has 0 spiro atoms. The van der Waals surface area contributed by atoms with Gasteiger partial charge in [-0.2, -0.15) is 0 Å². The summed E-state index contributed by atoms with van der Waals surface area (Å²) in [4.78, 5) is 0. The van der Waals surface area contributed by atoms with Crippen LogP contribution in [0.5, 0.6) is 0 Å². The van der Waals surface area contributed by atoms with Gasteiger partial charge in [-0.1, -0.05) is 12.1 Å². The number of furan rings is 1. The smallest absolute Gasteiger partial charge is 0.146 e. The zero-order chi connectivity index (χ0) is 11.5. The van der Waals surface area contributed by atoms with Crippen LogP contribution in [0.25, 0.3) is 0 Å². The summed E-state index contributed by atoms with van der Waals surface area (Å²) in [5.74, 6) is 0.210. The second kappa shape index (κ2) is 4.80. The van der Waals surface area contributed by atoms with Crippen LogP contribution >= 0.6 is 15.9 Å². The van der Waals surface area contributed by atoms with Crippen molar-refractivity contribution >= 4 is 15.9 Å². The molecule has 1 aromatic heterocycles. The number of rotatable bonds is 3. The number of aliphatic hydroxyl groups is 1. The van der Waals surface area contributed by atoms with Crippen LogP contribution in [-0.4, -0.2) is 5.11 Å². The van der Waals surface area contributed by atoms with Gasteiger partial charge in [-0.3, -0.25) is 0 Å². The fourth-order valence-electron chi connectivity index (χ4n) is 1.48. The zero-order valence-corrected chi connectivity index (χ0v) is 9.95. The first-order valence-corrected chi connectivity index (χ1v) is 5.61. The Labute approximate surface area is 101 Å². The van der Waals surface area contributed by atoms with Crippen LogP contribution in [0.3, 0.4) is 0 Å². The molecule has 1 heterocycles. The maximum absolute atomic E-state index is 12.7. The number of hydrogen-bond acceptors (Lipinski definition) is 2. The van der Waals surface area contributed by atoms with Gasteiger partial charge >= 0.3 is 0 Å². The first-order valence-electron chi connectivity index (χ1n) is 4.82. The fraction of sp³-hybridized carbons (Fsp3) is 0.167. The van der Waals surface area contributed by atoms with Crippen LogP contribution in [0, 0.1) is 5.82 Å². The van der Waals surface area contributed by atoms with Gasteiger partial charge in [-0.15, -0.1) is 0 Å². The van der Waals surface area contributed by atoms with Crippen molar-refractivity contribution in [1.82, 2.24) is 0 Å². The number of halogens is 2. The van der Waals surface area contributed by atoms with Gasteiger partial charge in [0, 0.05) is 6.42 Å². The maximum Gasteiger partial charge on any atom is 0.146 e. The Morgan fingerprint density at radius 2 is 1.94 bits per heavy atom. The highest BCUT2D eigenvalue weighted by molar-refractivity contribution is 9.10. The number of aliphatic hydroxyl groups excluding tert-OH is 1. The predicted molar refractivity (Wildman–Crippen MR) is 61.5 cm³/mol. The van der Waals surface area contributed by atoms with Gasteiger partial charge in [0.25, 0.3) is 0 Å². The Hall–Kier alpha value is -1.13. The summed E-state index contributed by atoms with van der Waals surface area (Å²) in [5, 5.41) is 9.90. The van der Waals surface area contributed by atoms with Crippen molar-refractivity contribution < 1.29 is 13.9 Å². The Bertz CT molecular complexity index is 464. The molecule has 2 aromatic rings. The standard InChI is InChI=1S/C12H10BrFO2/c13-10-5-6-16-12(10)11(15)7-8-1-3-9(14)4-2-8/h1-6,11,15H,7H2. The molecule has 84 valence electrons. The molecule has 0 saturated carbocycles. The Kier molecular flexibility index (Phi) is 3.41. The molecule has 0 radical (unpaired) electrons. The van der Waals surface area contributed by atoms with Crippen molar-refractivity contribution in [2.75, 3.05) is 0 Å². The fourth-order valence-corrected chi connectivity index (χ4v) is 1.95. The molecule has 16 heavy (non-hydrogen) atoms. The SMILES string of the molecule is OC(Cc1ccc(F)cc1)c1occc1Br. The first-order chi connectivity index (χ1) is 7.66. The second-order valence-electron chi connectivity index (χ2n) is 3.48. The van der Waals surface area contributed by atoms with E-state index in [1.165, 1.54) is 18.4 Å². The van der Waals surface area contributed by atoms with Gasteiger partial charge in [-0.05, 0) is 39.7 Å². The lowest BCUT2D eigenvalue weighted by molar-refractivity contribution is 0.149. The van der Waals surface area contributed by atoms with E-state index in [1.807, 2.05) is 0 Å². The summed E-state index contributed by atoms with van der Waals surface area (Å²) in [6.07, 6.45) is 1.18. The minimum absolute atomic E-state index is 0.280. The largest absolute Gasteiger partial charge is 0.465 e. The van der Waals surface area contributed by atoms with Crippen molar-refractivity contribution in [3.05, 3.63) is 58.2 Å². The van der Waals surface area contributed by atoms with Gasteiger partial charge in [0.2, 0.25) is 0 Å². The summed E-state index contributed by atoms with van der Waals surface area (Å²) in [6, 6.07) is 7.77. The van der Waals surface area contributed by atoms with E-state index < -0.39 is 6.10 Å². The van der Waals surface area contributed by atoms with Crippen LogP contribution < -0.4 is 0 Å². The second-order valence-corrected chi connectivity index (χ2v) is 4.33. The van der Waals surface area contributed by atoms with Gasteiger partial charge in [0.05, 0.1) is 10.7 Å². The Balaban J connectivity index is 2.10. The van der Waals surface area contributed by atoms with Crippen LogP contribution in [0.1, 0.15) is 17.4 Å². The summed E-state index contributed by atoms with van der Waals surface area (Å²) in [7, 11) is 0. The van der Waals surface area contributed by atoms with E-state index in [0.29, 0.717) is 12.2 Å². The van der Waals surface area contributed by atoms with Crippen molar-refractivity contribution in [3.8, 4) is 0 Å². The van der Waals surface area contributed by atoms with Crippen molar-refractivity contribution in [2.24, 2.45) is 0 Å². The lowest BCUT2D eigenvalue weighted by atomic mass is 10.1. The normalized spacial score (nSPS) is 12.7. The van der Waals surface area contributed by atoms with Crippen molar-refractivity contribution in [1.29, 1.82) is 0 Å². The molecule has 1 aromatic carbocycles. The van der Waals surface area contributed by atoms with E-state index in [4.69, 9.17) is 4.42 Å². The quantitative estimate of drug-likeness (QED) is 0.937. The summed E-state index contributed by atoms with van der Waals surface area (Å²) >= 11 is 3.28. The van der Waals surface area contributed by atoms with E-state index in [1.54, 1.807) is 18.2 Å². The molecule has 2 rings (SSSR count).